The number of carbonyl (C=O) groups is 1. The van der Waals surface area contributed by atoms with E-state index in [4.69, 9.17) is 21.1 Å². The fourth-order valence-corrected chi connectivity index (χ4v) is 2.88. The van der Waals surface area contributed by atoms with Gasteiger partial charge in [-0.1, -0.05) is 23.7 Å². The van der Waals surface area contributed by atoms with Crippen LogP contribution in [0.2, 0.25) is 5.02 Å². The van der Waals surface area contributed by atoms with Crippen LogP contribution in [-0.4, -0.2) is 23.9 Å². The summed E-state index contributed by atoms with van der Waals surface area (Å²) in [5.41, 5.74) is -2.30. The van der Waals surface area contributed by atoms with Crippen LogP contribution < -0.4 is 10.1 Å². The third-order valence-electron chi connectivity index (χ3n) is 3.80. The first-order valence-corrected chi connectivity index (χ1v) is 8.93. The predicted octanol–water partition coefficient (Wildman–Crippen LogP) is 5.80. The molecule has 0 spiro atoms. The lowest BCUT2D eigenvalue weighted by atomic mass is 9.94. The lowest BCUT2D eigenvalue weighted by Crippen LogP contribution is -2.27. The second-order valence-electron chi connectivity index (χ2n) is 7.18. The molecule has 9 heteroatoms. The van der Waals surface area contributed by atoms with Gasteiger partial charge in [0.05, 0.1) is 12.8 Å². The van der Waals surface area contributed by atoms with Crippen molar-refractivity contribution in [2.75, 3.05) is 12.4 Å². The average molecular weight is 432 g/mol. The lowest BCUT2D eigenvalue weighted by Gasteiger charge is -2.23. The first kappa shape index (κ1) is 22.8. The number of hydrogen-bond acceptors (Lipinski definition) is 4. The van der Waals surface area contributed by atoms with Crippen molar-refractivity contribution in [1.82, 2.24) is 0 Å². The normalized spacial score (nSPS) is 13.0. The fourth-order valence-electron chi connectivity index (χ4n) is 2.70. The van der Waals surface area contributed by atoms with Gasteiger partial charge in [-0.2, -0.15) is 13.2 Å². The highest BCUT2D eigenvalue weighted by molar-refractivity contribution is 6.30. The van der Waals surface area contributed by atoms with Gasteiger partial charge in [0.1, 0.15) is 23.0 Å². The van der Waals surface area contributed by atoms with Gasteiger partial charge in [-0.25, -0.2) is 4.79 Å². The minimum absolute atomic E-state index is 0.0258. The Bertz CT molecular complexity index is 894. The van der Waals surface area contributed by atoms with Crippen LogP contribution in [0.5, 0.6) is 5.75 Å². The Hall–Kier alpha value is -2.45. The van der Waals surface area contributed by atoms with Gasteiger partial charge in [-0.15, -0.1) is 0 Å². The Balaban J connectivity index is 2.53. The van der Waals surface area contributed by atoms with E-state index in [-0.39, 0.29) is 16.3 Å². The van der Waals surface area contributed by atoms with Gasteiger partial charge >= 0.3 is 12.3 Å². The highest BCUT2D eigenvalue weighted by Gasteiger charge is 2.39. The number of halogens is 4. The Kier molecular flexibility index (Phi) is 6.70. The van der Waals surface area contributed by atoms with Gasteiger partial charge in [0, 0.05) is 16.1 Å². The first-order valence-electron chi connectivity index (χ1n) is 8.55. The standard InChI is InChI=1S/C20H21ClF3NO4/c1-19(2,3)29-18(27)25-14-9-8-11(21)10-13(14)17(26)12-6-5-7-15(28-4)16(12)20(22,23)24/h5-10,17,26H,1-4H3,(H,25,27). The third kappa shape index (κ3) is 5.77. The molecule has 0 heterocycles. The van der Waals surface area contributed by atoms with Crippen molar-refractivity contribution in [1.29, 1.82) is 0 Å². The molecule has 0 saturated carbocycles. The number of amides is 1. The smallest absolute Gasteiger partial charge is 0.420 e. The van der Waals surface area contributed by atoms with Crippen molar-refractivity contribution in [3.8, 4) is 5.75 Å². The van der Waals surface area contributed by atoms with Crippen molar-refractivity contribution in [2.45, 2.75) is 38.7 Å². The SMILES string of the molecule is COc1cccc(C(O)c2cc(Cl)ccc2NC(=O)OC(C)(C)C)c1C(F)(F)F. The zero-order valence-electron chi connectivity index (χ0n) is 16.2. The number of benzene rings is 2. The quantitative estimate of drug-likeness (QED) is 0.642. The van der Waals surface area contributed by atoms with E-state index in [1.165, 1.54) is 24.3 Å². The molecule has 5 nitrogen and oxygen atoms in total. The van der Waals surface area contributed by atoms with Crippen molar-refractivity contribution in [3.05, 3.63) is 58.1 Å². The molecule has 0 aliphatic rings. The molecule has 0 radical (unpaired) electrons. The molecule has 0 fully saturated rings. The van der Waals surface area contributed by atoms with Crippen molar-refractivity contribution in [3.63, 3.8) is 0 Å². The highest BCUT2D eigenvalue weighted by Crippen LogP contribution is 2.43. The Morgan fingerprint density at radius 3 is 2.34 bits per heavy atom. The van der Waals surface area contributed by atoms with Gasteiger partial charge in [0.2, 0.25) is 0 Å². The first-order chi connectivity index (χ1) is 13.3. The molecule has 0 bridgehead atoms. The fraction of sp³-hybridized carbons (Fsp3) is 0.350. The minimum atomic E-state index is -4.78. The molecule has 1 unspecified atom stereocenters. The van der Waals surface area contributed by atoms with E-state index in [1.807, 2.05) is 0 Å². The van der Waals surface area contributed by atoms with Crippen LogP contribution in [0.15, 0.2) is 36.4 Å². The molecule has 0 saturated heterocycles. The summed E-state index contributed by atoms with van der Waals surface area (Å²) in [6.07, 6.45) is -7.35. The summed E-state index contributed by atoms with van der Waals surface area (Å²) in [7, 11) is 1.11. The molecule has 29 heavy (non-hydrogen) atoms. The molecule has 158 valence electrons. The molecule has 1 amide bonds. The number of aliphatic hydroxyl groups is 1. The second-order valence-corrected chi connectivity index (χ2v) is 7.62. The van der Waals surface area contributed by atoms with Crippen molar-refractivity contribution < 1.29 is 32.5 Å². The molecule has 1 atom stereocenters. The summed E-state index contributed by atoms with van der Waals surface area (Å²) in [6, 6.07) is 7.70. The van der Waals surface area contributed by atoms with Gasteiger partial charge in [0.25, 0.3) is 0 Å². The minimum Gasteiger partial charge on any atom is -0.496 e. The van der Waals surface area contributed by atoms with E-state index in [1.54, 1.807) is 20.8 Å². The predicted molar refractivity (Wildman–Crippen MR) is 103 cm³/mol. The second kappa shape index (κ2) is 8.51. The summed E-state index contributed by atoms with van der Waals surface area (Å²) in [5.74, 6) is -0.433. The van der Waals surface area contributed by atoms with E-state index < -0.39 is 40.9 Å². The number of ether oxygens (including phenoxy) is 2. The van der Waals surface area contributed by atoms with Crippen LogP contribution in [-0.2, 0) is 10.9 Å². The molecular formula is C20H21ClF3NO4. The molecule has 0 aliphatic heterocycles. The third-order valence-corrected chi connectivity index (χ3v) is 4.04. The summed E-state index contributed by atoms with van der Waals surface area (Å²) in [5, 5.41) is 13.4. The van der Waals surface area contributed by atoms with Crippen LogP contribution in [0, 0.1) is 0 Å². The Labute approximate surface area is 171 Å². The van der Waals surface area contributed by atoms with E-state index in [9.17, 15) is 23.1 Å². The summed E-state index contributed by atoms with van der Waals surface area (Å²) in [6.45, 7) is 4.99. The number of nitrogens with one attached hydrogen (secondary N) is 1. The van der Waals surface area contributed by atoms with Crippen molar-refractivity contribution >= 4 is 23.4 Å². The summed E-state index contributed by atoms with van der Waals surface area (Å²) >= 11 is 5.98. The molecular weight excluding hydrogens is 411 g/mol. The molecule has 2 N–H and O–H groups in total. The largest absolute Gasteiger partial charge is 0.496 e. The van der Waals surface area contributed by atoms with Gasteiger partial charge < -0.3 is 14.6 Å². The maximum atomic E-state index is 13.6. The zero-order valence-corrected chi connectivity index (χ0v) is 17.0. The lowest BCUT2D eigenvalue weighted by molar-refractivity contribution is -0.140. The number of anilines is 1. The van der Waals surface area contributed by atoms with Crippen molar-refractivity contribution in [2.24, 2.45) is 0 Å². The van der Waals surface area contributed by atoms with Crippen LogP contribution in [0.4, 0.5) is 23.7 Å². The van der Waals surface area contributed by atoms with E-state index in [0.717, 1.165) is 19.2 Å². The van der Waals surface area contributed by atoms with E-state index in [0.29, 0.717) is 0 Å². The van der Waals surface area contributed by atoms with Gasteiger partial charge in [0.15, 0.2) is 0 Å². The van der Waals surface area contributed by atoms with E-state index >= 15 is 0 Å². The van der Waals surface area contributed by atoms with E-state index in [2.05, 4.69) is 5.32 Å². The maximum absolute atomic E-state index is 13.6. The number of hydrogen-bond donors (Lipinski definition) is 2. The molecule has 2 aromatic carbocycles. The zero-order chi connectivity index (χ0) is 22.0. The number of aliphatic hydroxyl groups excluding tert-OH is 1. The Morgan fingerprint density at radius 2 is 1.79 bits per heavy atom. The molecule has 2 aromatic rings. The number of alkyl halides is 3. The monoisotopic (exact) mass is 431 g/mol. The highest BCUT2D eigenvalue weighted by atomic mass is 35.5. The average Bonchev–Trinajstić information content (AvgIpc) is 2.59. The topological polar surface area (TPSA) is 67.8 Å². The molecule has 2 rings (SSSR count). The number of carbonyl (C=O) groups excluding carboxylic acids is 1. The van der Waals surface area contributed by atoms with Crippen LogP contribution in [0.25, 0.3) is 0 Å². The summed E-state index contributed by atoms with van der Waals surface area (Å²) in [4.78, 5) is 12.1. The van der Waals surface area contributed by atoms with Gasteiger partial charge in [-0.05, 0) is 45.0 Å². The Morgan fingerprint density at radius 1 is 1.14 bits per heavy atom. The summed E-state index contributed by atoms with van der Waals surface area (Å²) < 4.78 is 50.9. The van der Waals surface area contributed by atoms with Crippen LogP contribution >= 0.6 is 11.6 Å². The maximum Gasteiger partial charge on any atom is 0.420 e. The molecule has 0 aliphatic carbocycles. The number of methoxy groups -OCH3 is 1. The van der Waals surface area contributed by atoms with Crippen LogP contribution in [0.3, 0.4) is 0 Å². The number of rotatable bonds is 4. The van der Waals surface area contributed by atoms with Crippen LogP contribution in [0.1, 0.15) is 43.6 Å². The van der Waals surface area contributed by atoms with Gasteiger partial charge in [-0.3, -0.25) is 5.32 Å². The molecule has 0 aromatic heterocycles.